The van der Waals surface area contributed by atoms with Crippen molar-refractivity contribution in [1.82, 2.24) is 0 Å². The summed E-state index contributed by atoms with van der Waals surface area (Å²) in [5.41, 5.74) is 0. The number of unbranched alkanes of at least 4 members (excludes halogenated alkanes) is 22. The molecule has 0 saturated heterocycles. The second-order valence-electron chi connectivity index (χ2n) is 13.3. The molecular weight excluding hydrogens is 584 g/mol. The Morgan fingerprint density at radius 1 is 0.511 bits per heavy atom. The van der Waals surface area contributed by atoms with Crippen LogP contribution >= 0.6 is 0 Å². The molecule has 0 unspecified atom stereocenters. The highest BCUT2D eigenvalue weighted by atomic mass is 16.6. The molecule has 0 rings (SSSR count). The third-order valence-corrected chi connectivity index (χ3v) is 8.70. The maximum Gasteiger partial charge on any atom is 0.306 e. The first-order chi connectivity index (χ1) is 23.1. The summed E-state index contributed by atoms with van der Waals surface area (Å²) in [5.74, 6) is -0.605. The van der Waals surface area contributed by atoms with Crippen molar-refractivity contribution in [3.05, 3.63) is 36.5 Å². The van der Waals surface area contributed by atoms with E-state index in [-0.39, 0.29) is 25.2 Å². The van der Waals surface area contributed by atoms with E-state index in [4.69, 9.17) is 9.47 Å². The molecule has 0 radical (unpaired) electrons. The molecule has 0 aliphatic heterocycles. The molecule has 0 heterocycles. The molecule has 1 N–H and O–H groups in total. The minimum absolute atomic E-state index is 0.0723. The Morgan fingerprint density at radius 3 is 1.38 bits per heavy atom. The van der Waals surface area contributed by atoms with Gasteiger partial charge in [0.15, 0.2) is 6.10 Å². The standard InChI is InChI=1S/C42H76O5/c1-3-5-7-9-11-13-15-17-19-20-21-23-25-27-29-31-33-35-37-42(45)47-40(38-43)39-46-41(44)36-34-32-30-28-26-24-22-18-16-14-12-10-8-6-4-2/h6,8,12,14,18,22,40,43H,3-5,7,9-11,13,15-17,19-21,23-39H2,1-2H3/b8-6-,14-12-,22-18-/t40-/m0/s1. The Labute approximate surface area is 291 Å². The third kappa shape index (κ3) is 36.8. The second-order valence-corrected chi connectivity index (χ2v) is 13.3. The smallest absolute Gasteiger partial charge is 0.306 e. The monoisotopic (exact) mass is 661 g/mol. The molecule has 47 heavy (non-hydrogen) atoms. The second kappa shape index (κ2) is 38.6. The molecule has 0 aromatic rings. The number of aliphatic hydroxyl groups excluding tert-OH is 1. The molecule has 0 spiro atoms. The van der Waals surface area contributed by atoms with Crippen LogP contribution < -0.4 is 0 Å². The zero-order valence-corrected chi connectivity index (χ0v) is 31.0. The van der Waals surface area contributed by atoms with Crippen LogP contribution in [0, 0.1) is 0 Å². The van der Waals surface area contributed by atoms with Gasteiger partial charge in [-0.05, 0) is 44.9 Å². The van der Waals surface area contributed by atoms with E-state index >= 15 is 0 Å². The molecule has 5 heteroatoms. The van der Waals surface area contributed by atoms with Gasteiger partial charge in [0, 0.05) is 12.8 Å². The van der Waals surface area contributed by atoms with Gasteiger partial charge in [-0.2, -0.15) is 0 Å². The van der Waals surface area contributed by atoms with Crippen LogP contribution in [0.2, 0.25) is 0 Å². The maximum absolute atomic E-state index is 12.2. The summed E-state index contributed by atoms with van der Waals surface area (Å²) in [6.45, 7) is 4.02. The molecule has 0 aliphatic carbocycles. The average molecular weight is 661 g/mol. The fourth-order valence-corrected chi connectivity index (χ4v) is 5.69. The van der Waals surface area contributed by atoms with Gasteiger partial charge >= 0.3 is 11.9 Å². The van der Waals surface area contributed by atoms with Crippen molar-refractivity contribution < 1.29 is 24.2 Å². The van der Waals surface area contributed by atoms with Crippen molar-refractivity contribution in [2.24, 2.45) is 0 Å². The first-order valence-corrected chi connectivity index (χ1v) is 20.0. The normalized spacial score (nSPS) is 12.5. The van der Waals surface area contributed by atoms with Crippen LogP contribution in [0.5, 0.6) is 0 Å². The molecule has 5 nitrogen and oxygen atoms in total. The summed E-state index contributed by atoms with van der Waals surface area (Å²) in [6, 6.07) is 0. The molecule has 0 aliphatic rings. The number of carbonyl (C=O) groups excluding carboxylic acids is 2. The zero-order valence-electron chi connectivity index (χ0n) is 31.0. The third-order valence-electron chi connectivity index (χ3n) is 8.70. The molecule has 0 bridgehead atoms. The van der Waals surface area contributed by atoms with E-state index < -0.39 is 6.10 Å². The maximum atomic E-state index is 12.2. The summed E-state index contributed by atoms with van der Waals surface area (Å²) < 4.78 is 10.6. The molecule has 0 amide bonds. The highest BCUT2D eigenvalue weighted by Crippen LogP contribution is 2.15. The Morgan fingerprint density at radius 2 is 0.915 bits per heavy atom. The lowest BCUT2D eigenvalue weighted by atomic mass is 10.0. The summed E-state index contributed by atoms with van der Waals surface area (Å²) in [5, 5.41) is 9.55. The van der Waals surface area contributed by atoms with Crippen molar-refractivity contribution >= 4 is 11.9 Å². The number of hydrogen-bond donors (Lipinski definition) is 1. The minimum atomic E-state index is -0.775. The highest BCUT2D eigenvalue weighted by Gasteiger charge is 2.16. The topological polar surface area (TPSA) is 72.8 Å². The first kappa shape index (κ1) is 45.1. The van der Waals surface area contributed by atoms with Crippen LogP contribution in [-0.2, 0) is 19.1 Å². The van der Waals surface area contributed by atoms with Gasteiger partial charge < -0.3 is 14.6 Å². The lowest BCUT2D eigenvalue weighted by molar-refractivity contribution is -0.161. The summed E-state index contributed by atoms with van der Waals surface area (Å²) >= 11 is 0. The van der Waals surface area contributed by atoms with Gasteiger partial charge in [-0.15, -0.1) is 0 Å². The average Bonchev–Trinajstić information content (AvgIpc) is 3.07. The summed E-state index contributed by atoms with van der Waals surface area (Å²) in [4.78, 5) is 24.2. The van der Waals surface area contributed by atoms with E-state index in [0.29, 0.717) is 12.8 Å². The van der Waals surface area contributed by atoms with Crippen LogP contribution in [-0.4, -0.2) is 36.4 Å². The van der Waals surface area contributed by atoms with Crippen molar-refractivity contribution in [3.8, 4) is 0 Å². The lowest BCUT2D eigenvalue weighted by Crippen LogP contribution is -2.28. The largest absolute Gasteiger partial charge is 0.462 e. The van der Waals surface area contributed by atoms with Crippen molar-refractivity contribution in [3.63, 3.8) is 0 Å². The van der Waals surface area contributed by atoms with Gasteiger partial charge in [0.05, 0.1) is 6.61 Å². The number of carbonyl (C=O) groups is 2. The number of rotatable bonds is 36. The van der Waals surface area contributed by atoms with Crippen molar-refractivity contribution in [2.45, 2.75) is 206 Å². The molecule has 0 aromatic heterocycles. The number of esters is 2. The van der Waals surface area contributed by atoms with Gasteiger partial charge in [0.1, 0.15) is 6.61 Å². The number of aliphatic hydroxyl groups is 1. The quantitative estimate of drug-likeness (QED) is 0.0411. The van der Waals surface area contributed by atoms with Crippen LogP contribution in [0.25, 0.3) is 0 Å². The van der Waals surface area contributed by atoms with E-state index in [2.05, 4.69) is 50.3 Å². The van der Waals surface area contributed by atoms with Crippen molar-refractivity contribution in [2.75, 3.05) is 13.2 Å². The van der Waals surface area contributed by atoms with Gasteiger partial charge in [-0.25, -0.2) is 0 Å². The predicted molar refractivity (Wildman–Crippen MR) is 201 cm³/mol. The number of ether oxygens (including phenoxy) is 2. The van der Waals surface area contributed by atoms with Crippen LogP contribution in [0.1, 0.15) is 200 Å². The summed E-state index contributed by atoms with van der Waals surface area (Å²) in [6.07, 6.45) is 46.3. The van der Waals surface area contributed by atoms with Crippen LogP contribution in [0.3, 0.4) is 0 Å². The number of allylic oxidation sites excluding steroid dienone is 6. The molecule has 0 saturated carbocycles. The lowest BCUT2D eigenvalue weighted by Gasteiger charge is -2.15. The van der Waals surface area contributed by atoms with Gasteiger partial charge in [-0.1, -0.05) is 179 Å². The van der Waals surface area contributed by atoms with Crippen LogP contribution in [0.4, 0.5) is 0 Å². The Kier molecular flexibility index (Phi) is 37.0. The van der Waals surface area contributed by atoms with Gasteiger partial charge in [0.2, 0.25) is 0 Å². The molecule has 0 aromatic carbocycles. The fraction of sp³-hybridized carbons (Fsp3) is 0.810. The zero-order chi connectivity index (χ0) is 34.3. The van der Waals surface area contributed by atoms with Gasteiger partial charge in [0.25, 0.3) is 0 Å². The molecule has 1 atom stereocenters. The van der Waals surface area contributed by atoms with E-state index in [0.717, 1.165) is 64.2 Å². The Balaban J connectivity index is 3.54. The molecular formula is C42H76O5. The predicted octanol–water partition coefficient (Wildman–Crippen LogP) is 12.5. The fourth-order valence-electron chi connectivity index (χ4n) is 5.69. The van der Waals surface area contributed by atoms with E-state index in [1.807, 2.05) is 0 Å². The number of hydrogen-bond acceptors (Lipinski definition) is 5. The molecule has 274 valence electrons. The van der Waals surface area contributed by atoms with E-state index in [1.54, 1.807) is 0 Å². The first-order valence-electron chi connectivity index (χ1n) is 20.0. The Hall–Kier alpha value is -1.88. The van der Waals surface area contributed by atoms with E-state index in [1.165, 1.54) is 109 Å². The Bertz CT molecular complexity index is 756. The van der Waals surface area contributed by atoms with E-state index in [9.17, 15) is 14.7 Å². The minimum Gasteiger partial charge on any atom is -0.462 e. The SMILES string of the molecule is CC/C=C\C/C=C\C/C=C\CCCCCCCC(=O)OC[C@H](CO)OC(=O)CCCCCCCCCCCCCCCCCCCC. The summed E-state index contributed by atoms with van der Waals surface area (Å²) in [7, 11) is 0. The van der Waals surface area contributed by atoms with Crippen molar-refractivity contribution in [1.29, 1.82) is 0 Å². The highest BCUT2D eigenvalue weighted by molar-refractivity contribution is 5.70. The van der Waals surface area contributed by atoms with Crippen LogP contribution in [0.15, 0.2) is 36.5 Å². The van der Waals surface area contributed by atoms with Gasteiger partial charge in [-0.3, -0.25) is 9.59 Å². The molecule has 0 fully saturated rings.